The third kappa shape index (κ3) is 4.26. The highest BCUT2D eigenvalue weighted by atomic mass is 16.6. The van der Waals surface area contributed by atoms with Crippen LogP contribution in [-0.2, 0) is 16.0 Å². The number of benzene rings is 1. The largest absolute Gasteiger partial charge is 0.486 e. The summed E-state index contributed by atoms with van der Waals surface area (Å²) in [7, 11) is 0. The van der Waals surface area contributed by atoms with Gasteiger partial charge in [-0.05, 0) is 31.0 Å². The standard InChI is InChI=1S/C15H19NO4/c1-11(17)2-5-15(18)16-7-6-12-3-4-13-14(10-12)20-9-8-19-13/h3-4,10H,2,5-9H2,1H3,(H,16,18). The number of carbonyl (C=O) groups is 2. The number of amides is 1. The molecule has 20 heavy (non-hydrogen) atoms. The average molecular weight is 277 g/mol. The molecule has 1 amide bonds. The lowest BCUT2D eigenvalue weighted by molar-refractivity contribution is -0.124. The van der Waals surface area contributed by atoms with E-state index in [0.29, 0.717) is 26.2 Å². The molecule has 1 aliphatic heterocycles. The fourth-order valence-electron chi connectivity index (χ4n) is 1.97. The number of ether oxygens (including phenoxy) is 2. The van der Waals surface area contributed by atoms with Gasteiger partial charge in [0.1, 0.15) is 19.0 Å². The Hall–Kier alpha value is -2.04. The zero-order chi connectivity index (χ0) is 14.4. The Kier molecular flexibility index (Phi) is 4.98. The van der Waals surface area contributed by atoms with Crippen molar-refractivity contribution in [1.82, 2.24) is 5.32 Å². The van der Waals surface area contributed by atoms with E-state index in [0.717, 1.165) is 23.5 Å². The van der Waals surface area contributed by atoms with Crippen LogP contribution in [0.25, 0.3) is 0 Å². The quantitative estimate of drug-likeness (QED) is 0.855. The van der Waals surface area contributed by atoms with Gasteiger partial charge in [-0.3, -0.25) is 4.79 Å². The van der Waals surface area contributed by atoms with Crippen LogP contribution in [0.3, 0.4) is 0 Å². The lowest BCUT2D eigenvalue weighted by atomic mass is 10.1. The van der Waals surface area contributed by atoms with E-state index in [4.69, 9.17) is 9.47 Å². The van der Waals surface area contributed by atoms with Crippen molar-refractivity contribution in [1.29, 1.82) is 0 Å². The van der Waals surface area contributed by atoms with Crippen LogP contribution in [0, 0.1) is 0 Å². The minimum atomic E-state index is -0.0854. The molecule has 1 aromatic rings. The topological polar surface area (TPSA) is 64.6 Å². The number of carbonyl (C=O) groups excluding carboxylic acids is 2. The predicted octanol–water partition coefficient (Wildman–Crippen LogP) is 1.49. The molecule has 108 valence electrons. The van der Waals surface area contributed by atoms with Crippen molar-refractivity contribution < 1.29 is 19.1 Å². The van der Waals surface area contributed by atoms with Gasteiger partial charge in [-0.1, -0.05) is 6.07 Å². The molecule has 0 saturated heterocycles. The van der Waals surface area contributed by atoms with Crippen molar-refractivity contribution >= 4 is 11.7 Å². The lowest BCUT2D eigenvalue weighted by Crippen LogP contribution is -2.25. The summed E-state index contributed by atoms with van der Waals surface area (Å²) >= 11 is 0. The average Bonchev–Trinajstić information content (AvgIpc) is 2.45. The number of fused-ring (bicyclic) bond motifs is 1. The Morgan fingerprint density at radius 1 is 1.15 bits per heavy atom. The minimum Gasteiger partial charge on any atom is -0.486 e. The first kappa shape index (κ1) is 14.4. The summed E-state index contributed by atoms with van der Waals surface area (Å²) in [4.78, 5) is 22.2. The molecule has 1 N–H and O–H groups in total. The van der Waals surface area contributed by atoms with Gasteiger partial charge in [0.15, 0.2) is 11.5 Å². The summed E-state index contributed by atoms with van der Waals surface area (Å²) < 4.78 is 11.0. The second kappa shape index (κ2) is 6.93. The molecule has 1 aromatic carbocycles. The molecular formula is C15H19NO4. The van der Waals surface area contributed by atoms with Crippen LogP contribution >= 0.6 is 0 Å². The molecular weight excluding hydrogens is 258 g/mol. The molecule has 0 atom stereocenters. The Labute approximate surface area is 118 Å². The number of hydrogen-bond acceptors (Lipinski definition) is 4. The van der Waals surface area contributed by atoms with Gasteiger partial charge in [0.05, 0.1) is 0 Å². The van der Waals surface area contributed by atoms with Crippen molar-refractivity contribution in [2.45, 2.75) is 26.2 Å². The monoisotopic (exact) mass is 277 g/mol. The van der Waals surface area contributed by atoms with E-state index in [1.54, 1.807) is 0 Å². The number of ketones is 1. The Bertz CT molecular complexity index is 499. The van der Waals surface area contributed by atoms with Crippen LogP contribution in [0.15, 0.2) is 18.2 Å². The van der Waals surface area contributed by atoms with E-state index in [9.17, 15) is 9.59 Å². The summed E-state index contributed by atoms with van der Waals surface area (Å²) in [6, 6.07) is 5.80. The predicted molar refractivity (Wildman–Crippen MR) is 74.1 cm³/mol. The van der Waals surface area contributed by atoms with E-state index < -0.39 is 0 Å². The zero-order valence-electron chi connectivity index (χ0n) is 11.6. The van der Waals surface area contributed by atoms with Crippen LogP contribution < -0.4 is 14.8 Å². The van der Waals surface area contributed by atoms with Crippen LogP contribution in [0.4, 0.5) is 0 Å². The van der Waals surface area contributed by atoms with Crippen molar-refractivity contribution in [2.75, 3.05) is 19.8 Å². The molecule has 0 radical (unpaired) electrons. The minimum absolute atomic E-state index is 0.0342. The molecule has 1 heterocycles. The fourth-order valence-corrected chi connectivity index (χ4v) is 1.97. The van der Waals surface area contributed by atoms with Crippen LogP contribution in [-0.4, -0.2) is 31.4 Å². The SMILES string of the molecule is CC(=O)CCC(=O)NCCc1ccc2c(c1)OCCO2. The molecule has 0 spiro atoms. The molecule has 0 aromatic heterocycles. The smallest absolute Gasteiger partial charge is 0.220 e. The first-order chi connectivity index (χ1) is 9.65. The summed E-state index contributed by atoms with van der Waals surface area (Å²) in [6.07, 6.45) is 1.29. The van der Waals surface area contributed by atoms with Crippen molar-refractivity contribution in [3.05, 3.63) is 23.8 Å². The van der Waals surface area contributed by atoms with Gasteiger partial charge in [0.25, 0.3) is 0 Å². The number of hydrogen-bond donors (Lipinski definition) is 1. The van der Waals surface area contributed by atoms with Crippen molar-refractivity contribution in [3.8, 4) is 11.5 Å². The van der Waals surface area contributed by atoms with Gasteiger partial charge in [-0.2, -0.15) is 0 Å². The molecule has 0 aliphatic carbocycles. The molecule has 0 bridgehead atoms. The first-order valence-electron chi connectivity index (χ1n) is 6.80. The lowest BCUT2D eigenvalue weighted by Gasteiger charge is -2.18. The van der Waals surface area contributed by atoms with E-state index in [-0.39, 0.29) is 18.1 Å². The fraction of sp³-hybridized carbons (Fsp3) is 0.467. The molecule has 2 rings (SSSR count). The van der Waals surface area contributed by atoms with E-state index >= 15 is 0 Å². The number of Topliss-reactive ketones (excluding diaryl/α,β-unsaturated/α-hetero) is 1. The summed E-state index contributed by atoms with van der Waals surface area (Å²) in [5.74, 6) is 1.48. The first-order valence-corrected chi connectivity index (χ1v) is 6.80. The molecule has 1 aliphatic rings. The van der Waals surface area contributed by atoms with Crippen molar-refractivity contribution in [3.63, 3.8) is 0 Å². The third-order valence-corrected chi connectivity index (χ3v) is 3.05. The Balaban J connectivity index is 1.76. The van der Waals surface area contributed by atoms with E-state index in [2.05, 4.69) is 5.32 Å². The van der Waals surface area contributed by atoms with Gasteiger partial charge >= 0.3 is 0 Å². The van der Waals surface area contributed by atoms with Crippen LogP contribution in [0.5, 0.6) is 11.5 Å². The van der Waals surface area contributed by atoms with Crippen LogP contribution in [0.2, 0.25) is 0 Å². The maximum absolute atomic E-state index is 11.5. The van der Waals surface area contributed by atoms with Crippen LogP contribution in [0.1, 0.15) is 25.3 Å². The molecule has 0 fully saturated rings. The van der Waals surface area contributed by atoms with Crippen molar-refractivity contribution in [2.24, 2.45) is 0 Å². The highest BCUT2D eigenvalue weighted by Gasteiger charge is 2.11. The Morgan fingerprint density at radius 3 is 2.65 bits per heavy atom. The normalized spacial score (nSPS) is 12.8. The number of rotatable bonds is 6. The molecule has 0 unspecified atom stereocenters. The second-order valence-electron chi connectivity index (χ2n) is 4.78. The van der Waals surface area contributed by atoms with Gasteiger partial charge in [0, 0.05) is 19.4 Å². The number of nitrogens with one attached hydrogen (secondary N) is 1. The highest BCUT2D eigenvalue weighted by molar-refractivity contribution is 5.83. The molecule has 5 heteroatoms. The van der Waals surface area contributed by atoms with Gasteiger partial charge in [-0.25, -0.2) is 0 Å². The third-order valence-electron chi connectivity index (χ3n) is 3.05. The maximum Gasteiger partial charge on any atom is 0.220 e. The summed E-state index contributed by atoms with van der Waals surface area (Å²) in [5.41, 5.74) is 1.08. The van der Waals surface area contributed by atoms with Gasteiger partial charge in [0.2, 0.25) is 5.91 Å². The highest BCUT2D eigenvalue weighted by Crippen LogP contribution is 2.30. The zero-order valence-corrected chi connectivity index (χ0v) is 11.6. The van der Waals surface area contributed by atoms with Gasteiger partial charge < -0.3 is 19.6 Å². The van der Waals surface area contributed by atoms with E-state index in [1.807, 2.05) is 18.2 Å². The summed E-state index contributed by atoms with van der Waals surface area (Å²) in [5, 5.41) is 2.80. The molecule has 5 nitrogen and oxygen atoms in total. The molecule has 0 saturated carbocycles. The van der Waals surface area contributed by atoms with Gasteiger partial charge in [-0.15, -0.1) is 0 Å². The summed E-state index contributed by atoms with van der Waals surface area (Å²) in [6.45, 7) is 3.19. The Morgan fingerprint density at radius 2 is 1.90 bits per heavy atom. The maximum atomic E-state index is 11.5. The second-order valence-corrected chi connectivity index (χ2v) is 4.78. The van der Waals surface area contributed by atoms with E-state index in [1.165, 1.54) is 6.92 Å².